The Morgan fingerprint density at radius 3 is 2.52 bits per heavy atom. The van der Waals surface area contributed by atoms with Crippen molar-refractivity contribution >= 4 is 39.6 Å². The van der Waals surface area contributed by atoms with Crippen molar-refractivity contribution < 1.29 is 9.59 Å². The van der Waals surface area contributed by atoms with E-state index in [4.69, 9.17) is 0 Å². The minimum absolute atomic E-state index is 0.0312. The molecule has 0 spiro atoms. The monoisotopic (exact) mass is 404 g/mol. The van der Waals surface area contributed by atoms with Crippen LogP contribution in [-0.4, -0.2) is 28.4 Å². The number of aromatic nitrogens is 1. The number of nitrogens with zero attached hydrogens (tertiary/aromatic N) is 3. The summed E-state index contributed by atoms with van der Waals surface area (Å²) >= 11 is 1.36. The Hall–Kier alpha value is -3.32. The molecule has 0 radical (unpaired) electrons. The van der Waals surface area contributed by atoms with Crippen molar-refractivity contribution in [2.75, 3.05) is 10.3 Å². The van der Waals surface area contributed by atoms with Crippen LogP contribution in [0.3, 0.4) is 0 Å². The zero-order valence-electron chi connectivity index (χ0n) is 16.1. The summed E-state index contributed by atoms with van der Waals surface area (Å²) in [4.78, 5) is 29.3. The molecule has 1 atom stereocenters. The van der Waals surface area contributed by atoms with Crippen LogP contribution in [0.15, 0.2) is 65.1 Å². The number of anilines is 2. The number of hydrazone groups is 1. The molecule has 0 bridgehead atoms. The number of thiazole rings is 1. The van der Waals surface area contributed by atoms with E-state index in [0.717, 1.165) is 16.9 Å². The van der Waals surface area contributed by atoms with E-state index >= 15 is 0 Å². The van der Waals surface area contributed by atoms with E-state index in [1.807, 2.05) is 66.9 Å². The minimum Gasteiger partial charge on any atom is -0.298 e. The van der Waals surface area contributed by atoms with Gasteiger partial charge in [0.2, 0.25) is 0 Å². The Bertz CT molecular complexity index is 1070. The molecule has 1 aliphatic heterocycles. The third-order valence-electron chi connectivity index (χ3n) is 4.73. The second-order valence-corrected chi connectivity index (χ2v) is 7.77. The topological polar surface area (TPSA) is 74.7 Å². The highest BCUT2D eigenvalue weighted by atomic mass is 32.1. The summed E-state index contributed by atoms with van der Waals surface area (Å²) in [6, 6.07) is 17.0. The SMILES string of the molecule is CC(=O)C1CC(C(=O)Nc2nc(-c3ccc(C)cc3)cs2)=NN1c1ccccc1. The molecule has 7 heteroatoms. The molecule has 4 rings (SSSR count). The number of benzene rings is 2. The Morgan fingerprint density at radius 1 is 1.10 bits per heavy atom. The van der Waals surface area contributed by atoms with E-state index in [-0.39, 0.29) is 18.1 Å². The number of Topliss-reactive ketones (excluding diaryl/α,β-unsaturated/α-hetero) is 1. The average Bonchev–Trinajstić information content (AvgIpc) is 3.37. The number of ketones is 1. The number of hydrogen-bond donors (Lipinski definition) is 1. The standard InChI is InChI=1S/C22H20N4O2S/c1-14-8-10-16(11-9-14)19-13-29-22(23-19)24-21(28)18-12-20(15(2)27)26(25-18)17-6-4-3-5-7-17/h3-11,13,20H,12H2,1-2H3,(H,23,24,28). The summed E-state index contributed by atoms with van der Waals surface area (Å²) in [5.41, 5.74) is 4.09. The number of carbonyl (C=O) groups excluding carboxylic acids is 2. The summed E-state index contributed by atoms with van der Waals surface area (Å²) < 4.78 is 0. The fourth-order valence-corrected chi connectivity index (χ4v) is 3.85. The molecule has 0 saturated heterocycles. The Balaban J connectivity index is 1.51. The fraction of sp³-hybridized carbons (Fsp3) is 0.182. The van der Waals surface area contributed by atoms with Crippen LogP contribution in [0.2, 0.25) is 0 Å². The quantitative estimate of drug-likeness (QED) is 0.689. The molecule has 1 aromatic heterocycles. The van der Waals surface area contributed by atoms with Crippen molar-refractivity contribution in [2.24, 2.45) is 5.10 Å². The van der Waals surface area contributed by atoms with Crippen molar-refractivity contribution in [1.82, 2.24) is 4.98 Å². The molecular weight excluding hydrogens is 384 g/mol. The molecule has 1 amide bonds. The second kappa shape index (κ2) is 7.97. The van der Waals surface area contributed by atoms with Crippen molar-refractivity contribution in [3.63, 3.8) is 0 Å². The van der Waals surface area contributed by atoms with Gasteiger partial charge in [-0.05, 0) is 26.0 Å². The van der Waals surface area contributed by atoms with Crippen molar-refractivity contribution in [1.29, 1.82) is 0 Å². The van der Waals surface area contributed by atoms with E-state index in [9.17, 15) is 9.59 Å². The maximum absolute atomic E-state index is 12.7. The van der Waals surface area contributed by atoms with E-state index in [2.05, 4.69) is 15.4 Å². The first-order valence-electron chi connectivity index (χ1n) is 9.27. The van der Waals surface area contributed by atoms with Gasteiger partial charge in [0.1, 0.15) is 11.8 Å². The van der Waals surface area contributed by atoms with Gasteiger partial charge in [-0.2, -0.15) is 5.10 Å². The lowest BCUT2D eigenvalue weighted by Gasteiger charge is -2.20. The maximum atomic E-state index is 12.7. The summed E-state index contributed by atoms with van der Waals surface area (Å²) in [5.74, 6) is -0.365. The lowest BCUT2D eigenvalue weighted by Crippen LogP contribution is -2.33. The number of para-hydroxylation sites is 1. The van der Waals surface area contributed by atoms with E-state index < -0.39 is 6.04 Å². The molecule has 29 heavy (non-hydrogen) atoms. The Labute approximate surface area is 172 Å². The first kappa shape index (κ1) is 19.0. The highest BCUT2D eigenvalue weighted by molar-refractivity contribution is 7.14. The van der Waals surface area contributed by atoms with Gasteiger partial charge in [-0.15, -0.1) is 11.3 Å². The van der Waals surface area contributed by atoms with E-state index in [1.165, 1.54) is 23.8 Å². The summed E-state index contributed by atoms with van der Waals surface area (Å²) in [5, 5.41) is 11.3. The van der Waals surface area contributed by atoms with Crippen LogP contribution in [0.25, 0.3) is 11.3 Å². The molecular formula is C22H20N4O2S. The Morgan fingerprint density at radius 2 is 1.83 bits per heavy atom. The fourth-order valence-electron chi connectivity index (χ4n) is 3.14. The lowest BCUT2D eigenvalue weighted by atomic mass is 10.1. The second-order valence-electron chi connectivity index (χ2n) is 6.92. The van der Waals surface area contributed by atoms with Crippen LogP contribution < -0.4 is 10.3 Å². The molecule has 6 nitrogen and oxygen atoms in total. The van der Waals surface area contributed by atoms with Crippen molar-refractivity contribution in [3.8, 4) is 11.3 Å². The molecule has 0 aliphatic carbocycles. The molecule has 0 fully saturated rings. The lowest BCUT2D eigenvalue weighted by molar-refractivity contribution is -0.118. The van der Waals surface area contributed by atoms with Crippen LogP contribution in [0.4, 0.5) is 10.8 Å². The van der Waals surface area contributed by atoms with Gasteiger partial charge < -0.3 is 0 Å². The zero-order chi connectivity index (χ0) is 20.4. The third-order valence-corrected chi connectivity index (χ3v) is 5.49. The minimum atomic E-state index is -0.474. The number of nitrogens with one attached hydrogen (secondary N) is 1. The summed E-state index contributed by atoms with van der Waals surface area (Å²) in [6.45, 7) is 3.55. The van der Waals surface area contributed by atoms with Crippen LogP contribution in [-0.2, 0) is 9.59 Å². The van der Waals surface area contributed by atoms with Gasteiger partial charge >= 0.3 is 0 Å². The number of amides is 1. The largest absolute Gasteiger partial charge is 0.298 e. The molecule has 0 saturated carbocycles. The van der Waals surface area contributed by atoms with Crippen LogP contribution in [0, 0.1) is 6.92 Å². The van der Waals surface area contributed by atoms with Crippen LogP contribution in [0.1, 0.15) is 18.9 Å². The number of carbonyl (C=O) groups is 2. The van der Waals surface area contributed by atoms with Crippen molar-refractivity contribution in [3.05, 3.63) is 65.5 Å². The number of rotatable bonds is 5. The van der Waals surface area contributed by atoms with Crippen LogP contribution in [0.5, 0.6) is 0 Å². The predicted molar refractivity (Wildman–Crippen MR) is 116 cm³/mol. The predicted octanol–water partition coefficient (Wildman–Crippen LogP) is 4.28. The van der Waals surface area contributed by atoms with Crippen molar-refractivity contribution in [2.45, 2.75) is 26.3 Å². The van der Waals surface area contributed by atoms with Crippen LogP contribution >= 0.6 is 11.3 Å². The van der Waals surface area contributed by atoms with Gasteiger partial charge in [0, 0.05) is 17.4 Å². The molecule has 1 unspecified atom stereocenters. The van der Waals surface area contributed by atoms with Gasteiger partial charge in [0.25, 0.3) is 5.91 Å². The first-order chi connectivity index (χ1) is 14.0. The normalized spacial score (nSPS) is 15.9. The van der Waals surface area contributed by atoms with Gasteiger partial charge in [0.15, 0.2) is 10.9 Å². The number of hydrogen-bond acceptors (Lipinski definition) is 6. The van der Waals surface area contributed by atoms with Gasteiger partial charge in [-0.3, -0.25) is 19.9 Å². The molecule has 1 N–H and O–H groups in total. The van der Waals surface area contributed by atoms with Gasteiger partial charge in [-0.1, -0.05) is 48.0 Å². The first-order valence-corrected chi connectivity index (χ1v) is 10.2. The highest BCUT2D eigenvalue weighted by Gasteiger charge is 2.34. The van der Waals surface area contributed by atoms with Gasteiger partial charge in [0.05, 0.1) is 11.4 Å². The van der Waals surface area contributed by atoms with Gasteiger partial charge in [-0.25, -0.2) is 4.98 Å². The number of aryl methyl sites for hydroxylation is 1. The molecule has 3 aromatic rings. The Kier molecular flexibility index (Phi) is 5.22. The molecule has 146 valence electrons. The molecule has 2 aromatic carbocycles. The summed E-state index contributed by atoms with van der Waals surface area (Å²) in [7, 11) is 0. The summed E-state index contributed by atoms with van der Waals surface area (Å²) in [6.07, 6.45) is 0.270. The third kappa shape index (κ3) is 4.09. The highest BCUT2D eigenvalue weighted by Crippen LogP contribution is 2.27. The zero-order valence-corrected chi connectivity index (χ0v) is 16.9. The molecule has 1 aliphatic rings. The van der Waals surface area contributed by atoms with E-state index in [1.54, 1.807) is 5.01 Å². The average molecular weight is 404 g/mol. The molecule has 2 heterocycles. The maximum Gasteiger partial charge on any atom is 0.273 e. The smallest absolute Gasteiger partial charge is 0.273 e. The van der Waals surface area contributed by atoms with E-state index in [0.29, 0.717) is 10.8 Å².